The van der Waals surface area contributed by atoms with E-state index < -0.39 is 5.38 Å². The minimum Gasteiger partial charge on any atom is -0.467 e. The van der Waals surface area contributed by atoms with E-state index in [1.165, 1.54) is 0 Å². The molecule has 96 valence electrons. The molecule has 1 atom stereocenters. The van der Waals surface area contributed by atoms with Gasteiger partial charge in [-0.15, -0.1) is 22.9 Å². The number of carbonyl (C=O) groups excluding carboxylic acids is 1. The van der Waals surface area contributed by atoms with Gasteiger partial charge in [-0.3, -0.25) is 4.79 Å². The maximum absolute atomic E-state index is 12.1. The third-order valence-corrected chi connectivity index (χ3v) is 3.55. The lowest BCUT2D eigenvalue weighted by Gasteiger charge is -2.22. The van der Waals surface area contributed by atoms with Crippen molar-refractivity contribution in [1.82, 2.24) is 4.90 Å². The maximum atomic E-state index is 12.1. The van der Waals surface area contributed by atoms with Gasteiger partial charge in [0.05, 0.1) is 19.4 Å². The van der Waals surface area contributed by atoms with E-state index >= 15 is 0 Å². The normalized spacial score (nSPS) is 12.3. The van der Waals surface area contributed by atoms with Crippen molar-refractivity contribution in [2.24, 2.45) is 0 Å². The first-order valence-corrected chi connectivity index (χ1v) is 6.96. The Morgan fingerprint density at radius 3 is 2.83 bits per heavy atom. The molecule has 0 bridgehead atoms. The monoisotopic (exact) mass is 283 g/mol. The first-order chi connectivity index (χ1) is 8.66. The van der Waals surface area contributed by atoms with Gasteiger partial charge < -0.3 is 9.32 Å². The summed E-state index contributed by atoms with van der Waals surface area (Å²) in [5.74, 6) is 0.679. The van der Waals surface area contributed by atoms with Gasteiger partial charge in [-0.25, -0.2) is 0 Å². The van der Waals surface area contributed by atoms with Gasteiger partial charge in [-0.2, -0.15) is 0 Å². The summed E-state index contributed by atoms with van der Waals surface area (Å²) in [7, 11) is 0. The highest BCUT2D eigenvalue weighted by molar-refractivity contribution is 7.09. The van der Waals surface area contributed by atoms with Crippen LogP contribution in [0.4, 0.5) is 0 Å². The van der Waals surface area contributed by atoms with E-state index in [9.17, 15) is 4.79 Å². The zero-order chi connectivity index (χ0) is 13.0. The van der Waals surface area contributed by atoms with E-state index in [1.807, 2.05) is 29.6 Å². The molecule has 2 aromatic heterocycles. The van der Waals surface area contributed by atoms with Crippen molar-refractivity contribution in [1.29, 1.82) is 0 Å². The van der Waals surface area contributed by atoms with Crippen molar-refractivity contribution in [3.05, 3.63) is 46.5 Å². The molecule has 0 radical (unpaired) electrons. The lowest BCUT2D eigenvalue weighted by atomic mass is 10.3. The van der Waals surface area contributed by atoms with Crippen molar-refractivity contribution < 1.29 is 9.21 Å². The van der Waals surface area contributed by atoms with Crippen LogP contribution in [0, 0.1) is 0 Å². The van der Waals surface area contributed by atoms with Crippen LogP contribution in [-0.4, -0.2) is 16.2 Å². The van der Waals surface area contributed by atoms with Crippen LogP contribution in [0.3, 0.4) is 0 Å². The molecular formula is C13H14ClNO2S. The second-order valence-electron chi connectivity index (χ2n) is 3.97. The van der Waals surface area contributed by atoms with Crippen LogP contribution < -0.4 is 0 Å². The topological polar surface area (TPSA) is 33.5 Å². The number of furan rings is 1. The molecule has 0 spiro atoms. The first-order valence-electron chi connectivity index (χ1n) is 5.64. The van der Waals surface area contributed by atoms with Crippen LogP contribution in [0.1, 0.15) is 17.6 Å². The lowest BCUT2D eigenvalue weighted by Crippen LogP contribution is -2.34. The number of hydrogen-bond acceptors (Lipinski definition) is 3. The number of hydrogen-bond donors (Lipinski definition) is 0. The van der Waals surface area contributed by atoms with E-state index in [1.54, 1.807) is 29.4 Å². The minimum absolute atomic E-state index is 0.0820. The highest BCUT2D eigenvalue weighted by Crippen LogP contribution is 2.16. The number of rotatable bonds is 5. The van der Waals surface area contributed by atoms with Crippen molar-refractivity contribution in [3.8, 4) is 0 Å². The number of nitrogens with zero attached hydrogens (tertiary/aromatic N) is 1. The van der Waals surface area contributed by atoms with Crippen LogP contribution in [-0.2, 0) is 17.9 Å². The SMILES string of the molecule is CC(Cl)C(=O)N(Cc1ccco1)Cc1cccs1. The second-order valence-corrected chi connectivity index (χ2v) is 5.66. The Kier molecular flexibility index (Phi) is 4.44. The smallest absolute Gasteiger partial charge is 0.241 e. The highest BCUT2D eigenvalue weighted by atomic mass is 35.5. The van der Waals surface area contributed by atoms with Crippen molar-refractivity contribution >= 4 is 28.8 Å². The molecule has 2 rings (SSSR count). The van der Waals surface area contributed by atoms with Gasteiger partial charge in [0.2, 0.25) is 5.91 Å². The van der Waals surface area contributed by atoms with E-state index in [0.29, 0.717) is 13.1 Å². The Morgan fingerprint density at radius 2 is 2.28 bits per heavy atom. The number of amides is 1. The maximum Gasteiger partial charge on any atom is 0.241 e. The Hall–Kier alpha value is -1.26. The highest BCUT2D eigenvalue weighted by Gasteiger charge is 2.20. The van der Waals surface area contributed by atoms with Gasteiger partial charge in [0, 0.05) is 4.88 Å². The Balaban J connectivity index is 2.09. The van der Waals surface area contributed by atoms with Crippen molar-refractivity contribution in [2.45, 2.75) is 25.4 Å². The van der Waals surface area contributed by atoms with Crippen LogP contribution in [0.5, 0.6) is 0 Å². The lowest BCUT2D eigenvalue weighted by molar-refractivity contribution is -0.131. The molecule has 3 nitrogen and oxygen atoms in total. The fourth-order valence-corrected chi connectivity index (χ4v) is 2.50. The number of carbonyl (C=O) groups is 1. The summed E-state index contributed by atoms with van der Waals surface area (Å²) < 4.78 is 5.28. The van der Waals surface area contributed by atoms with Gasteiger partial charge in [-0.1, -0.05) is 6.07 Å². The van der Waals surface area contributed by atoms with Crippen LogP contribution in [0.15, 0.2) is 40.3 Å². The average molecular weight is 284 g/mol. The fourth-order valence-electron chi connectivity index (χ4n) is 1.64. The summed E-state index contributed by atoms with van der Waals surface area (Å²) in [5.41, 5.74) is 0. The van der Waals surface area contributed by atoms with E-state index in [2.05, 4.69) is 0 Å². The standard InChI is InChI=1S/C13H14ClNO2S/c1-10(14)13(16)15(8-11-4-2-6-17-11)9-12-5-3-7-18-12/h2-7,10H,8-9H2,1H3. The number of alkyl halides is 1. The van der Waals surface area contributed by atoms with Gasteiger partial charge >= 0.3 is 0 Å². The summed E-state index contributed by atoms with van der Waals surface area (Å²) in [6, 6.07) is 7.65. The van der Waals surface area contributed by atoms with Gasteiger partial charge in [0.25, 0.3) is 0 Å². The Labute approximate surface area is 115 Å². The molecule has 0 saturated heterocycles. The zero-order valence-electron chi connectivity index (χ0n) is 10.0. The fraction of sp³-hybridized carbons (Fsp3) is 0.308. The predicted molar refractivity (Wildman–Crippen MR) is 72.6 cm³/mol. The quantitative estimate of drug-likeness (QED) is 0.787. The molecule has 2 aromatic rings. The van der Waals surface area contributed by atoms with E-state index in [-0.39, 0.29) is 5.91 Å². The number of thiophene rings is 1. The van der Waals surface area contributed by atoms with Crippen LogP contribution in [0.2, 0.25) is 0 Å². The summed E-state index contributed by atoms with van der Waals surface area (Å²) in [6.45, 7) is 2.70. The van der Waals surface area contributed by atoms with E-state index in [0.717, 1.165) is 10.6 Å². The molecular weight excluding hydrogens is 270 g/mol. The summed E-state index contributed by atoms with van der Waals surface area (Å²) in [6.07, 6.45) is 1.60. The summed E-state index contributed by atoms with van der Waals surface area (Å²) in [4.78, 5) is 14.9. The molecule has 2 heterocycles. The van der Waals surface area contributed by atoms with Crippen LogP contribution in [0.25, 0.3) is 0 Å². The Morgan fingerprint density at radius 1 is 1.44 bits per heavy atom. The Bertz CT molecular complexity index is 443. The van der Waals surface area contributed by atoms with Gasteiger partial charge in [0.15, 0.2) is 0 Å². The molecule has 5 heteroatoms. The predicted octanol–water partition coefficient (Wildman–Crippen LogP) is 3.50. The van der Waals surface area contributed by atoms with Crippen LogP contribution >= 0.6 is 22.9 Å². The summed E-state index contributed by atoms with van der Waals surface area (Å²) >= 11 is 7.51. The third-order valence-electron chi connectivity index (χ3n) is 2.51. The molecule has 1 amide bonds. The molecule has 0 aliphatic rings. The average Bonchev–Trinajstić information content (AvgIpc) is 2.99. The van der Waals surface area contributed by atoms with Crippen molar-refractivity contribution in [3.63, 3.8) is 0 Å². The molecule has 1 unspecified atom stereocenters. The molecule has 0 aliphatic heterocycles. The largest absolute Gasteiger partial charge is 0.467 e. The molecule has 0 fully saturated rings. The summed E-state index contributed by atoms with van der Waals surface area (Å²) in [5, 5.41) is 1.47. The number of halogens is 1. The zero-order valence-corrected chi connectivity index (χ0v) is 11.6. The van der Waals surface area contributed by atoms with Gasteiger partial charge in [-0.05, 0) is 30.5 Å². The molecule has 0 aromatic carbocycles. The van der Waals surface area contributed by atoms with Gasteiger partial charge in [0.1, 0.15) is 11.1 Å². The third kappa shape index (κ3) is 3.37. The molecule has 0 saturated carbocycles. The molecule has 0 N–H and O–H groups in total. The molecule has 18 heavy (non-hydrogen) atoms. The minimum atomic E-state index is -0.528. The molecule has 0 aliphatic carbocycles. The van der Waals surface area contributed by atoms with Crippen molar-refractivity contribution in [2.75, 3.05) is 0 Å². The van der Waals surface area contributed by atoms with E-state index in [4.69, 9.17) is 16.0 Å². The first kappa shape index (κ1) is 13.2. The second kappa shape index (κ2) is 6.07.